The number of carbonyl (C=O) groups excluding carboxylic acids is 2. The first-order chi connectivity index (χ1) is 19.5. The average molecular weight is 565 g/mol. The summed E-state index contributed by atoms with van der Waals surface area (Å²) in [6.07, 6.45) is 35.6. The minimum atomic E-state index is -0.892. The van der Waals surface area contributed by atoms with Gasteiger partial charge in [0.05, 0.1) is 5.41 Å². The molecule has 0 atom stereocenters. The second-order valence-corrected chi connectivity index (χ2v) is 13.0. The fourth-order valence-electron chi connectivity index (χ4n) is 6.03. The Labute approximate surface area is 251 Å². The summed E-state index contributed by atoms with van der Waals surface area (Å²) in [5, 5.41) is 9.37. The van der Waals surface area contributed by atoms with Crippen LogP contribution >= 0.6 is 0 Å². The zero-order chi connectivity index (χ0) is 29.6. The minimum Gasteiger partial charge on any atom is -0.396 e. The Morgan fingerprint density at radius 1 is 0.425 bits per heavy atom. The number of hydrogen-bond acceptors (Lipinski definition) is 3. The van der Waals surface area contributed by atoms with Crippen LogP contribution in [-0.4, -0.2) is 23.3 Å². The fraction of sp³-hybridized carbons (Fsp3) is 0.946. The molecule has 0 aromatic heterocycles. The highest BCUT2D eigenvalue weighted by Crippen LogP contribution is 2.31. The van der Waals surface area contributed by atoms with Crippen LogP contribution in [0.1, 0.15) is 213 Å². The van der Waals surface area contributed by atoms with Gasteiger partial charge in [0.15, 0.2) is 0 Å². The van der Waals surface area contributed by atoms with Crippen LogP contribution in [0.5, 0.6) is 0 Å². The standard InChI is InChI=1S/C37H72O3/c1-4-6-8-10-12-14-16-18-20-22-24-26-28-31-35(39)37(3,33-30-34-38)36(40)32-29-27-25-23-21-19-17-15-13-11-9-7-5-2/h38H,4-34H2,1-3H3. The monoisotopic (exact) mass is 565 g/mol. The Morgan fingerprint density at radius 3 is 0.925 bits per heavy atom. The van der Waals surface area contributed by atoms with Gasteiger partial charge in [0.25, 0.3) is 0 Å². The van der Waals surface area contributed by atoms with Crippen LogP contribution in [0, 0.1) is 5.41 Å². The summed E-state index contributed by atoms with van der Waals surface area (Å²) in [4.78, 5) is 26.3. The van der Waals surface area contributed by atoms with Crippen molar-refractivity contribution < 1.29 is 14.7 Å². The van der Waals surface area contributed by atoms with Crippen LogP contribution in [0.25, 0.3) is 0 Å². The summed E-state index contributed by atoms with van der Waals surface area (Å²) in [5.74, 6) is 0.229. The second kappa shape index (κ2) is 29.8. The van der Waals surface area contributed by atoms with E-state index in [4.69, 9.17) is 0 Å². The predicted octanol–water partition coefficient (Wildman–Crippen LogP) is 11.9. The van der Waals surface area contributed by atoms with Crippen molar-refractivity contribution in [3.63, 3.8) is 0 Å². The Balaban J connectivity index is 3.95. The summed E-state index contributed by atoms with van der Waals surface area (Å²) in [6.45, 7) is 6.45. The van der Waals surface area contributed by atoms with Gasteiger partial charge in [-0.3, -0.25) is 9.59 Å². The molecule has 0 unspecified atom stereocenters. The maximum absolute atomic E-state index is 13.1. The fourth-order valence-corrected chi connectivity index (χ4v) is 6.03. The third-order valence-corrected chi connectivity index (χ3v) is 9.08. The van der Waals surface area contributed by atoms with Crippen LogP contribution in [0.2, 0.25) is 0 Å². The van der Waals surface area contributed by atoms with Crippen LogP contribution in [-0.2, 0) is 9.59 Å². The van der Waals surface area contributed by atoms with Crippen molar-refractivity contribution in [3.8, 4) is 0 Å². The van der Waals surface area contributed by atoms with Crippen molar-refractivity contribution in [1.29, 1.82) is 0 Å². The highest BCUT2D eigenvalue weighted by atomic mass is 16.3. The summed E-state index contributed by atoms with van der Waals surface area (Å²) in [7, 11) is 0. The van der Waals surface area contributed by atoms with Crippen molar-refractivity contribution >= 4 is 11.6 Å². The van der Waals surface area contributed by atoms with E-state index in [1.54, 1.807) is 0 Å². The molecular weight excluding hydrogens is 492 g/mol. The van der Waals surface area contributed by atoms with Crippen LogP contribution in [0.15, 0.2) is 0 Å². The molecule has 0 aromatic rings. The van der Waals surface area contributed by atoms with E-state index in [9.17, 15) is 14.7 Å². The predicted molar refractivity (Wildman–Crippen MR) is 175 cm³/mol. The lowest BCUT2D eigenvalue weighted by Crippen LogP contribution is -2.36. The number of hydrogen-bond donors (Lipinski definition) is 1. The quantitative estimate of drug-likeness (QED) is 0.0637. The SMILES string of the molecule is CCCCCCCCCCCCCCCC(=O)C(C)(CCCO)C(=O)CCCCCCCCCCCCCCC. The average Bonchev–Trinajstić information content (AvgIpc) is 2.96. The highest BCUT2D eigenvalue weighted by molar-refractivity contribution is 6.06. The van der Waals surface area contributed by atoms with E-state index in [-0.39, 0.29) is 18.2 Å². The second-order valence-electron chi connectivity index (χ2n) is 13.0. The van der Waals surface area contributed by atoms with Crippen molar-refractivity contribution in [2.45, 2.75) is 213 Å². The molecular formula is C37H72O3. The van der Waals surface area contributed by atoms with E-state index in [0.29, 0.717) is 25.7 Å². The topological polar surface area (TPSA) is 54.4 Å². The first-order valence-corrected chi connectivity index (χ1v) is 18.2. The van der Waals surface area contributed by atoms with Crippen molar-refractivity contribution in [2.75, 3.05) is 6.61 Å². The van der Waals surface area contributed by atoms with E-state index in [1.165, 1.54) is 141 Å². The zero-order valence-corrected chi connectivity index (χ0v) is 27.7. The van der Waals surface area contributed by atoms with Crippen molar-refractivity contribution in [3.05, 3.63) is 0 Å². The van der Waals surface area contributed by atoms with Gasteiger partial charge in [-0.1, -0.05) is 168 Å². The van der Waals surface area contributed by atoms with E-state index >= 15 is 0 Å². The Hall–Kier alpha value is -0.700. The minimum absolute atomic E-state index is 0.0492. The zero-order valence-electron chi connectivity index (χ0n) is 27.7. The molecule has 0 saturated heterocycles. The van der Waals surface area contributed by atoms with Gasteiger partial charge < -0.3 is 5.11 Å². The lowest BCUT2D eigenvalue weighted by Gasteiger charge is -2.27. The summed E-state index contributed by atoms with van der Waals surface area (Å²) in [6, 6.07) is 0. The first kappa shape index (κ1) is 39.3. The molecule has 0 amide bonds. The number of ketones is 2. The van der Waals surface area contributed by atoms with Crippen LogP contribution in [0.4, 0.5) is 0 Å². The lowest BCUT2D eigenvalue weighted by atomic mass is 9.74. The van der Waals surface area contributed by atoms with Gasteiger partial charge >= 0.3 is 0 Å². The van der Waals surface area contributed by atoms with Crippen molar-refractivity contribution in [1.82, 2.24) is 0 Å². The molecule has 0 aromatic carbocycles. The van der Waals surface area contributed by atoms with Crippen LogP contribution in [0.3, 0.4) is 0 Å². The summed E-state index contributed by atoms with van der Waals surface area (Å²) in [5.41, 5.74) is -0.892. The number of unbranched alkanes of at least 4 members (excludes halogenated alkanes) is 24. The van der Waals surface area contributed by atoms with E-state index in [2.05, 4.69) is 13.8 Å². The molecule has 0 aliphatic heterocycles. The Bertz CT molecular complexity index is 514. The molecule has 0 rings (SSSR count). The molecule has 0 aliphatic carbocycles. The smallest absolute Gasteiger partial charge is 0.146 e. The summed E-state index contributed by atoms with van der Waals surface area (Å²) < 4.78 is 0. The molecule has 0 aliphatic rings. The number of rotatable bonds is 33. The normalized spacial score (nSPS) is 11.8. The number of aliphatic hydroxyl groups excluding tert-OH is 1. The molecule has 3 heteroatoms. The maximum atomic E-state index is 13.1. The molecule has 0 bridgehead atoms. The van der Waals surface area contributed by atoms with Gasteiger partial charge in [0.1, 0.15) is 11.6 Å². The number of aliphatic hydroxyl groups is 1. The molecule has 0 radical (unpaired) electrons. The molecule has 238 valence electrons. The van der Waals surface area contributed by atoms with Crippen molar-refractivity contribution in [2.24, 2.45) is 5.41 Å². The molecule has 0 saturated carbocycles. The molecule has 0 spiro atoms. The molecule has 3 nitrogen and oxygen atoms in total. The molecule has 1 N–H and O–H groups in total. The number of carbonyl (C=O) groups is 2. The first-order valence-electron chi connectivity index (χ1n) is 18.2. The maximum Gasteiger partial charge on any atom is 0.146 e. The van der Waals surface area contributed by atoms with Gasteiger partial charge in [0.2, 0.25) is 0 Å². The highest BCUT2D eigenvalue weighted by Gasteiger charge is 2.38. The summed E-state index contributed by atoms with van der Waals surface area (Å²) >= 11 is 0. The lowest BCUT2D eigenvalue weighted by molar-refractivity contribution is -0.140. The Morgan fingerprint density at radius 2 is 0.675 bits per heavy atom. The van der Waals surface area contributed by atoms with E-state index in [0.717, 1.165) is 25.7 Å². The molecule has 0 fully saturated rings. The number of Topliss-reactive ketones (excluding diaryl/α,β-unsaturated/α-hetero) is 2. The molecule has 0 heterocycles. The molecule has 40 heavy (non-hydrogen) atoms. The largest absolute Gasteiger partial charge is 0.396 e. The van der Waals surface area contributed by atoms with Gasteiger partial charge in [-0.15, -0.1) is 0 Å². The van der Waals surface area contributed by atoms with Crippen LogP contribution < -0.4 is 0 Å². The Kier molecular flexibility index (Phi) is 29.3. The third kappa shape index (κ3) is 22.9. The van der Waals surface area contributed by atoms with E-state index < -0.39 is 5.41 Å². The van der Waals surface area contributed by atoms with Gasteiger partial charge in [-0.05, 0) is 32.6 Å². The van der Waals surface area contributed by atoms with E-state index in [1.807, 2.05) is 6.92 Å². The van der Waals surface area contributed by atoms with Gasteiger partial charge in [0, 0.05) is 19.4 Å². The third-order valence-electron chi connectivity index (χ3n) is 9.08. The van der Waals surface area contributed by atoms with Gasteiger partial charge in [-0.2, -0.15) is 0 Å². The van der Waals surface area contributed by atoms with Gasteiger partial charge in [-0.25, -0.2) is 0 Å².